The number of amides is 1. The van der Waals surface area contributed by atoms with Gasteiger partial charge in [-0.1, -0.05) is 48.5 Å². The van der Waals surface area contributed by atoms with Crippen molar-refractivity contribution in [1.29, 1.82) is 0 Å². The van der Waals surface area contributed by atoms with Crippen molar-refractivity contribution in [2.24, 2.45) is 0 Å². The lowest BCUT2D eigenvalue weighted by atomic mass is 10.1. The van der Waals surface area contributed by atoms with E-state index >= 15 is 0 Å². The topological polar surface area (TPSA) is 77.8 Å². The van der Waals surface area contributed by atoms with Gasteiger partial charge in [-0.3, -0.25) is 9.59 Å². The predicted molar refractivity (Wildman–Crippen MR) is 101 cm³/mol. The highest BCUT2D eigenvalue weighted by Gasteiger charge is 2.22. The van der Waals surface area contributed by atoms with Crippen LogP contribution in [-0.4, -0.2) is 28.6 Å². The maximum Gasteiger partial charge on any atom is 0.303 e. The number of hydrogen-bond donors (Lipinski definition) is 2. The lowest BCUT2D eigenvalue weighted by Crippen LogP contribution is -2.32. The fraction of sp³-hybridized carbons (Fsp3) is 0.143. The molecule has 3 rings (SSSR count). The van der Waals surface area contributed by atoms with Gasteiger partial charge in [0.15, 0.2) is 0 Å². The van der Waals surface area contributed by atoms with Crippen molar-refractivity contribution in [2.75, 3.05) is 11.4 Å². The number of hydrogen-bond acceptors (Lipinski definition) is 3. The third-order valence-electron chi connectivity index (χ3n) is 4.19. The van der Waals surface area contributed by atoms with Gasteiger partial charge >= 0.3 is 5.97 Å². The first-order chi connectivity index (χ1) is 12.6. The fourth-order valence-corrected chi connectivity index (χ4v) is 2.97. The summed E-state index contributed by atoms with van der Waals surface area (Å²) in [5.41, 5.74) is 0.887. The Hall–Kier alpha value is -3.34. The van der Waals surface area contributed by atoms with Crippen LogP contribution in [0.15, 0.2) is 66.7 Å². The molecule has 5 nitrogen and oxygen atoms in total. The molecule has 0 fully saturated rings. The van der Waals surface area contributed by atoms with Gasteiger partial charge in [0.05, 0.1) is 5.69 Å². The Balaban J connectivity index is 2.07. The van der Waals surface area contributed by atoms with Crippen molar-refractivity contribution in [3.05, 3.63) is 72.3 Å². The van der Waals surface area contributed by atoms with Crippen LogP contribution >= 0.6 is 0 Å². The Morgan fingerprint density at radius 3 is 2.31 bits per heavy atom. The van der Waals surface area contributed by atoms with Crippen molar-refractivity contribution in [1.82, 2.24) is 0 Å². The van der Waals surface area contributed by atoms with E-state index in [1.54, 1.807) is 36.4 Å². The lowest BCUT2D eigenvalue weighted by Gasteiger charge is -2.25. The number of rotatable bonds is 6. The number of nitrogens with zero attached hydrogens (tertiary/aromatic N) is 1. The van der Waals surface area contributed by atoms with E-state index in [9.17, 15) is 14.7 Å². The number of phenols is 1. The molecular formula is C21H19NO4. The Morgan fingerprint density at radius 2 is 1.58 bits per heavy atom. The van der Waals surface area contributed by atoms with Crippen LogP contribution in [0.2, 0.25) is 0 Å². The number of aromatic hydroxyl groups is 1. The number of phenolic OH excluding ortho intramolecular Hbond substituents is 1. The third-order valence-corrected chi connectivity index (χ3v) is 4.19. The van der Waals surface area contributed by atoms with Crippen LogP contribution in [0.3, 0.4) is 0 Å². The summed E-state index contributed by atoms with van der Waals surface area (Å²) in [5, 5.41) is 21.0. The zero-order valence-corrected chi connectivity index (χ0v) is 14.1. The van der Waals surface area contributed by atoms with E-state index in [-0.39, 0.29) is 31.0 Å². The molecule has 0 aliphatic heterocycles. The Morgan fingerprint density at radius 1 is 0.885 bits per heavy atom. The monoisotopic (exact) mass is 349 g/mol. The maximum atomic E-state index is 13.1. The van der Waals surface area contributed by atoms with Crippen LogP contribution in [0.1, 0.15) is 23.2 Å². The minimum absolute atomic E-state index is 0.0108. The first kappa shape index (κ1) is 17.5. The SMILES string of the molecule is O=C(O)CCCN(C(=O)c1ccccc1)c1c(O)ccc2ccccc12. The van der Waals surface area contributed by atoms with Gasteiger partial charge in [0.2, 0.25) is 0 Å². The van der Waals surface area contributed by atoms with E-state index in [0.717, 1.165) is 10.8 Å². The summed E-state index contributed by atoms with van der Waals surface area (Å²) in [6.45, 7) is 0.196. The summed E-state index contributed by atoms with van der Waals surface area (Å²) in [7, 11) is 0. The van der Waals surface area contributed by atoms with Crippen molar-refractivity contribution >= 4 is 28.3 Å². The molecule has 0 bridgehead atoms. The van der Waals surface area contributed by atoms with Crippen molar-refractivity contribution in [3.63, 3.8) is 0 Å². The van der Waals surface area contributed by atoms with Gasteiger partial charge in [-0.05, 0) is 30.0 Å². The molecule has 0 saturated heterocycles. The smallest absolute Gasteiger partial charge is 0.303 e. The number of carboxylic acid groups (broad SMARTS) is 1. The number of anilines is 1. The second-order valence-corrected chi connectivity index (χ2v) is 5.97. The minimum Gasteiger partial charge on any atom is -0.506 e. The molecule has 0 unspecified atom stereocenters. The Bertz CT molecular complexity index is 937. The van der Waals surface area contributed by atoms with Crippen LogP contribution < -0.4 is 4.90 Å². The molecule has 0 radical (unpaired) electrons. The number of carboxylic acids is 1. The molecule has 0 spiro atoms. The first-order valence-corrected chi connectivity index (χ1v) is 8.37. The molecule has 5 heteroatoms. The Labute approximate surface area is 151 Å². The van der Waals surface area contributed by atoms with Crippen molar-refractivity contribution in [3.8, 4) is 5.75 Å². The second kappa shape index (κ2) is 7.70. The average molecular weight is 349 g/mol. The molecule has 0 aromatic heterocycles. The number of benzene rings is 3. The molecule has 2 N–H and O–H groups in total. The zero-order valence-electron chi connectivity index (χ0n) is 14.1. The number of carbonyl (C=O) groups is 2. The average Bonchev–Trinajstić information content (AvgIpc) is 2.66. The summed E-state index contributed by atoms with van der Waals surface area (Å²) in [6.07, 6.45) is 0.237. The van der Waals surface area contributed by atoms with Gasteiger partial charge in [0, 0.05) is 23.9 Å². The number of aliphatic carboxylic acids is 1. The molecule has 26 heavy (non-hydrogen) atoms. The van der Waals surface area contributed by atoms with E-state index in [0.29, 0.717) is 11.3 Å². The van der Waals surface area contributed by atoms with Gasteiger partial charge < -0.3 is 15.1 Å². The highest BCUT2D eigenvalue weighted by atomic mass is 16.4. The van der Waals surface area contributed by atoms with Crippen LogP contribution in [0, 0.1) is 0 Å². The predicted octanol–water partition coefficient (Wildman–Crippen LogP) is 4.06. The molecule has 1 amide bonds. The first-order valence-electron chi connectivity index (χ1n) is 8.37. The highest BCUT2D eigenvalue weighted by molar-refractivity contribution is 6.12. The molecule has 0 saturated carbocycles. The third kappa shape index (κ3) is 3.67. The van der Waals surface area contributed by atoms with E-state index < -0.39 is 5.97 Å². The van der Waals surface area contributed by atoms with Crippen molar-refractivity contribution in [2.45, 2.75) is 12.8 Å². The molecular weight excluding hydrogens is 330 g/mol. The maximum absolute atomic E-state index is 13.1. The van der Waals surface area contributed by atoms with Crippen LogP contribution in [0.25, 0.3) is 10.8 Å². The van der Waals surface area contributed by atoms with Crippen LogP contribution in [-0.2, 0) is 4.79 Å². The summed E-state index contributed by atoms with van der Waals surface area (Å²) in [6, 6.07) is 19.6. The summed E-state index contributed by atoms with van der Waals surface area (Å²) in [4.78, 5) is 25.4. The fourth-order valence-electron chi connectivity index (χ4n) is 2.97. The Kier molecular flexibility index (Phi) is 5.17. The normalized spacial score (nSPS) is 10.6. The molecule has 3 aromatic rings. The summed E-state index contributed by atoms with van der Waals surface area (Å²) >= 11 is 0. The quantitative estimate of drug-likeness (QED) is 0.703. The van der Waals surface area contributed by atoms with Gasteiger partial charge in [-0.25, -0.2) is 0 Å². The molecule has 0 atom stereocenters. The zero-order chi connectivity index (χ0) is 18.5. The van der Waals surface area contributed by atoms with Gasteiger partial charge in [-0.2, -0.15) is 0 Å². The van der Waals surface area contributed by atoms with E-state index in [1.807, 2.05) is 30.3 Å². The molecule has 132 valence electrons. The number of carbonyl (C=O) groups excluding carboxylic acids is 1. The molecule has 3 aromatic carbocycles. The molecule has 0 aliphatic carbocycles. The lowest BCUT2D eigenvalue weighted by molar-refractivity contribution is -0.137. The van der Waals surface area contributed by atoms with Crippen molar-refractivity contribution < 1.29 is 19.8 Å². The van der Waals surface area contributed by atoms with Crippen LogP contribution in [0.5, 0.6) is 5.75 Å². The van der Waals surface area contributed by atoms with Gasteiger partial charge in [-0.15, -0.1) is 0 Å². The standard InChI is InChI=1S/C21H19NO4/c23-18-13-12-15-7-4-5-10-17(15)20(18)22(14-6-11-19(24)25)21(26)16-8-2-1-3-9-16/h1-5,7-10,12-13,23H,6,11,14H2,(H,24,25). The highest BCUT2D eigenvalue weighted by Crippen LogP contribution is 2.36. The minimum atomic E-state index is -0.917. The molecule has 0 heterocycles. The number of fused-ring (bicyclic) bond motifs is 1. The van der Waals surface area contributed by atoms with E-state index in [4.69, 9.17) is 5.11 Å². The largest absolute Gasteiger partial charge is 0.506 e. The van der Waals surface area contributed by atoms with E-state index in [2.05, 4.69) is 0 Å². The summed E-state index contributed by atoms with van der Waals surface area (Å²) in [5.74, 6) is -1.20. The van der Waals surface area contributed by atoms with Crippen LogP contribution in [0.4, 0.5) is 5.69 Å². The van der Waals surface area contributed by atoms with E-state index in [1.165, 1.54) is 4.90 Å². The van der Waals surface area contributed by atoms with Gasteiger partial charge in [0.25, 0.3) is 5.91 Å². The van der Waals surface area contributed by atoms with Gasteiger partial charge in [0.1, 0.15) is 5.75 Å². The molecule has 0 aliphatic rings. The second-order valence-electron chi connectivity index (χ2n) is 5.97. The summed E-state index contributed by atoms with van der Waals surface area (Å²) < 4.78 is 0.